The number of hydrogen-bond donors (Lipinski definition) is 1. The molecule has 0 amide bonds. The molecule has 0 aromatic heterocycles. The van der Waals surface area contributed by atoms with Crippen molar-refractivity contribution < 1.29 is 17.9 Å². The number of anilines is 1. The Labute approximate surface area is 135 Å². The Balaban J connectivity index is 2.53. The summed E-state index contributed by atoms with van der Waals surface area (Å²) in [7, 11) is -1.12. The molecule has 0 saturated heterocycles. The quantitative estimate of drug-likeness (QED) is 0.909. The standard InChI is InChI=1S/C16H16N2O4S/c1-11-5-4-6-14(13(11)10-17)18-23(19,20)16-9-12(21-2)7-8-15(16)22-3/h4-9,18H,1-3H3. The van der Waals surface area contributed by atoms with Gasteiger partial charge in [-0.05, 0) is 30.7 Å². The first-order chi connectivity index (χ1) is 10.9. The van der Waals surface area contributed by atoms with Crippen LogP contribution < -0.4 is 14.2 Å². The summed E-state index contributed by atoms with van der Waals surface area (Å²) in [6, 6.07) is 11.4. The summed E-state index contributed by atoms with van der Waals surface area (Å²) in [6.07, 6.45) is 0. The predicted octanol–water partition coefficient (Wildman–Crippen LogP) is 2.68. The second-order valence-electron chi connectivity index (χ2n) is 4.73. The Kier molecular flexibility index (Phi) is 4.77. The molecule has 0 atom stereocenters. The highest BCUT2D eigenvalue weighted by atomic mass is 32.2. The molecule has 1 N–H and O–H groups in total. The molecule has 0 aliphatic carbocycles. The molecule has 0 aliphatic rings. The maximum absolute atomic E-state index is 12.7. The Hall–Kier alpha value is -2.72. The number of methoxy groups -OCH3 is 2. The van der Waals surface area contributed by atoms with E-state index in [0.29, 0.717) is 11.3 Å². The zero-order valence-corrected chi connectivity index (χ0v) is 13.8. The molecule has 23 heavy (non-hydrogen) atoms. The number of rotatable bonds is 5. The third kappa shape index (κ3) is 3.38. The number of aryl methyl sites for hydroxylation is 1. The number of ether oxygens (including phenoxy) is 2. The Bertz CT molecular complexity index is 870. The maximum Gasteiger partial charge on any atom is 0.265 e. The smallest absolute Gasteiger partial charge is 0.265 e. The summed E-state index contributed by atoms with van der Waals surface area (Å²) in [5.41, 5.74) is 1.18. The molecule has 7 heteroatoms. The molecule has 2 rings (SSSR count). The topological polar surface area (TPSA) is 88.4 Å². The van der Waals surface area contributed by atoms with Gasteiger partial charge in [-0.25, -0.2) is 8.42 Å². The zero-order valence-electron chi connectivity index (χ0n) is 13.0. The van der Waals surface area contributed by atoms with Gasteiger partial charge in [-0.2, -0.15) is 5.26 Å². The third-order valence-electron chi connectivity index (χ3n) is 3.29. The highest BCUT2D eigenvalue weighted by Crippen LogP contribution is 2.30. The molecular weight excluding hydrogens is 316 g/mol. The summed E-state index contributed by atoms with van der Waals surface area (Å²) in [5.74, 6) is 0.570. The zero-order chi connectivity index (χ0) is 17.0. The van der Waals surface area contributed by atoms with E-state index in [0.717, 1.165) is 0 Å². The van der Waals surface area contributed by atoms with Crippen molar-refractivity contribution in [2.75, 3.05) is 18.9 Å². The highest BCUT2D eigenvalue weighted by molar-refractivity contribution is 7.92. The van der Waals surface area contributed by atoms with E-state index in [2.05, 4.69) is 4.72 Å². The first-order valence-corrected chi connectivity index (χ1v) is 8.16. The molecule has 2 aromatic rings. The van der Waals surface area contributed by atoms with E-state index < -0.39 is 10.0 Å². The fraction of sp³-hybridized carbons (Fsp3) is 0.188. The van der Waals surface area contributed by atoms with Crippen LogP contribution in [0.2, 0.25) is 0 Å². The Morgan fingerprint density at radius 1 is 1.13 bits per heavy atom. The van der Waals surface area contributed by atoms with Crippen molar-refractivity contribution in [1.82, 2.24) is 0 Å². The monoisotopic (exact) mass is 332 g/mol. The second-order valence-corrected chi connectivity index (χ2v) is 6.38. The summed E-state index contributed by atoms with van der Waals surface area (Å²) in [4.78, 5) is -0.0651. The summed E-state index contributed by atoms with van der Waals surface area (Å²) < 4.78 is 38.0. The van der Waals surface area contributed by atoms with Gasteiger partial charge in [0.05, 0.1) is 25.5 Å². The minimum absolute atomic E-state index is 0.0651. The van der Waals surface area contributed by atoms with Crippen molar-refractivity contribution in [3.63, 3.8) is 0 Å². The molecule has 0 saturated carbocycles. The van der Waals surface area contributed by atoms with Crippen LogP contribution in [0.5, 0.6) is 11.5 Å². The number of nitrogens with zero attached hydrogens (tertiary/aromatic N) is 1. The number of hydrogen-bond acceptors (Lipinski definition) is 5. The van der Waals surface area contributed by atoms with Crippen molar-refractivity contribution in [3.8, 4) is 17.6 Å². The van der Waals surface area contributed by atoms with Crippen molar-refractivity contribution in [2.45, 2.75) is 11.8 Å². The molecule has 0 aliphatic heterocycles. The van der Waals surface area contributed by atoms with Gasteiger partial charge in [-0.1, -0.05) is 12.1 Å². The van der Waals surface area contributed by atoms with Gasteiger partial charge in [0.1, 0.15) is 22.5 Å². The molecule has 0 fully saturated rings. The van der Waals surface area contributed by atoms with E-state index in [1.54, 1.807) is 25.1 Å². The van der Waals surface area contributed by atoms with Crippen LogP contribution in [0.1, 0.15) is 11.1 Å². The van der Waals surface area contributed by atoms with Crippen molar-refractivity contribution in [1.29, 1.82) is 5.26 Å². The summed E-state index contributed by atoms with van der Waals surface area (Å²) >= 11 is 0. The Morgan fingerprint density at radius 2 is 1.87 bits per heavy atom. The molecule has 120 valence electrons. The number of benzene rings is 2. The van der Waals surface area contributed by atoms with Gasteiger partial charge in [0.15, 0.2) is 0 Å². The van der Waals surface area contributed by atoms with Crippen LogP contribution in [0.4, 0.5) is 5.69 Å². The number of nitrogens with one attached hydrogen (secondary N) is 1. The largest absolute Gasteiger partial charge is 0.497 e. The van der Waals surface area contributed by atoms with Crippen molar-refractivity contribution in [2.24, 2.45) is 0 Å². The minimum atomic E-state index is -3.94. The molecule has 0 unspecified atom stereocenters. The first kappa shape index (κ1) is 16.6. The maximum atomic E-state index is 12.7. The Morgan fingerprint density at radius 3 is 2.48 bits per heavy atom. The van der Waals surface area contributed by atoms with Crippen LogP contribution >= 0.6 is 0 Å². The average molecular weight is 332 g/mol. The van der Waals surface area contributed by atoms with E-state index in [4.69, 9.17) is 9.47 Å². The SMILES string of the molecule is COc1ccc(OC)c(S(=O)(=O)Nc2cccc(C)c2C#N)c1. The van der Waals surface area contributed by atoms with Gasteiger partial charge in [-0.15, -0.1) is 0 Å². The second kappa shape index (κ2) is 6.58. The van der Waals surface area contributed by atoms with E-state index in [9.17, 15) is 13.7 Å². The first-order valence-electron chi connectivity index (χ1n) is 6.67. The van der Waals surface area contributed by atoms with Crippen LogP contribution in [-0.2, 0) is 10.0 Å². The molecule has 2 aromatic carbocycles. The van der Waals surface area contributed by atoms with Crippen LogP contribution in [0.15, 0.2) is 41.3 Å². The normalized spacial score (nSPS) is 10.7. The lowest BCUT2D eigenvalue weighted by Crippen LogP contribution is -2.15. The van der Waals surface area contributed by atoms with Gasteiger partial charge < -0.3 is 9.47 Å². The summed E-state index contributed by atoms with van der Waals surface area (Å²) in [6.45, 7) is 1.74. The van der Waals surface area contributed by atoms with Gasteiger partial charge in [-0.3, -0.25) is 4.72 Å². The van der Waals surface area contributed by atoms with E-state index in [1.807, 2.05) is 6.07 Å². The number of sulfonamides is 1. The van der Waals surface area contributed by atoms with E-state index in [1.165, 1.54) is 32.4 Å². The van der Waals surface area contributed by atoms with Gasteiger partial charge in [0.25, 0.3) is 10.0 Å². The molecule has 0 spiro atoms. The molecule has 0 bridgehead atoms. The molecule has 0 radical (unpaired) electrons. The van der Waals surface area contributed by atoms with Crippen LogP contribution in [0, 0.1) is 18.3 Å². The van der Waals surface area contributed by atoms with E-state index >= 15 is 0 Å². The fourth-order valence-corrected chi connectivity index (χ4v) is 3.35. The molecule has 6 nitrogen and oxygen atoms in total. The molecular formula is C16H16N2O4S. The fourth-order valence-electron chi connectivity index (χ4n) is 2.09. The lowest BCUT2D eigenvalue weighted by molar-refractivity contribution is 0.392. The third-order valence-corrected chi connectivity index (χ3v) is 4.68. The predicted molar refractivity (Wildman–Crippen MR) is 86.2 cm³/mol. The highest BCUT2D eigenvalue weighted by Gasteiger charge is 2.22. The van der Waals surface area contributed by atoms with Gasteiger partial charge in [0, 0.05) is 6.07 Å². The van der Waals surface area contributed by atoms with Crippen LogP contribution in [0.3, 0.4) is 0 Å². The lowest BCUT2D eigenvalue weighted by atomic mass is 10.1. The molecule has 0 heterocycles. The minimum Gasteiger partial charge on any atom is -0.497 e. The van der Waals surface area contributed by atoms with E-state index in [-0.39, 0.29) is 21.9 Å². The van der Waals surface area contributed by atoms with Gasteiger partial charge >= 0.3 is 0 Å². The number of nitriles is 1. The van der Waals surface area contributed by atoms with Crippen molar-refractivity contribution in [3.05, 3.63) is 47.5 Å². The average Bonchev–Trinajstić information content (AvgIpc) is 2.54. The summed E-state index contributed by atoms with van der Waals surface area (Å²) in [5, 5.41) is 9.22. The van der Waals surface area contributed by atoms with Crippen LogP contribution in [-0.4, -0.2) is 22.6 Å². The lowest BCUT2D eigenvalue weighted by Gasteiger charge is -2.14. The van der Waals surface area contributed by atoms with Crippen LogP contribution in [0.25, 0.3) is 0 Å². The van der Waals surface area contributed by atoms with Crippen molar-refractivity contribution >= 4 is 15.7 Å². The van der Waals surface area contributed by atoms with Gasteiger partial charge in [0.2, 0.25) is 0 Å².